The van der Waals surface area contributed by atoms with Crippen LogP contribution in [0.25, 0.3) is 0 Å². The Labute approximate surface area is 113 Å². The van der Waals surface area contributed by atoms with Gasteiger partial charge < -0.3 is 5.11 Å². The molecular weight excluding hydrogens is 252 g/mol. The standard InChI is InChI=1S/C13H21ClN2O2/c1-8(2)6-7-16-11(14)9(12(17)18)10(15-16)13(3,4)5/h8H,6-7H2,1-5H3,(H,17,18). The molecule has 0 aliphatic rings. The first-order valence-corrected chi connectivity index (χ1v) is 6.52. The number of carboxylic acid groups (broad SMARTS) is 1. The van der Waals surface area contributed by atoms with E-state index in [9.17, 15) is 9.90 Å². The Balaban J connectivity index is 3.20. The van der Waals surface area contributed by atoms with E-state index in [1.807, 2.05) is 20.8 Å². The van der Waals surface area contributed by atoms with Crippen LogP contribution in [0, 0.1) is 5.92 Å². The van der Waals surface area contributed by atoms with Crippen LogP contribution in [0.4, 0.5) is 0 Å². The van der Waals surface area contributed by atoms with Crippen LogP contribution >= 0.6 is 11.6 Å². The topological polar surface area (TPSA) is 55.1 Å². The van der Waals surface area contributed by atoms with Crippen LogP contribution in [0.3, 0.4) is 0 Å². The van der Waals surface area contributed by atoms with E-state index in [-0.39, 0.29) is 16.1 Å². The van der Waals surface area contributed by atoms with Gasteiger partial charge in [-0.15, -0.1) is 0 Å². The van der Waals surface area contributed by atoms with Crippen LogP contribution in [0.15, 0.2) is 0 Å². The van der Waals surface area contributed by atoms with E-state index >= 15 is 0 Å². The van der Waals surface area contributed by atoms with Crippen molar-refractivity contribution in [3.05, 3.63) is 16.4 Å². The van der Waals surface area contributed by atoms with Gasteiger partial charge in [0.1, 0.15) is 10.7 Å². The van der Waals surface area contributed by atoms with E-state index in [1.54, 1.807) is 4.68 Å². The highest BCUT2D eigenvalue weighted by Gasteiger charge is 2.29. The number of hydrogen-bond acceptors (Lipinski definition) is 2. The molecule has 0 saturated carbocycles. The molecule has 0 aliphatic heterocycles. The van der Waals surface area contributed by atoms with E-state index in [0.717, 1.165) is 6.42 Å². The van der Waals surface area contributed by atoms with E-state index in [4.69, 9.17) is 11.6 Å². The lowest BCUT2D eigenvalue weighted by Crippen LogP contribution is -2.17. The Kier molecular flexibility index (Phi) is 4.43. The van der Waals surface area contributed by atoms with Crippen molar-refractivity contribution < 1.29 is 9.90 Å². The molecule has 0 radical (unpaired) electrons. The van der Waals surface area contributed by atoms with Crippen LogP contribution in [-0.2, 0) is 12.0 Å². The molecule has 102 valence electrons. The Bertz CT molecular complexity index is 445. The predicted molar refractivity (Wildman–Crippen MR) is 72.4 cm³/mol. The van der Waals surface area contributed by atoms with Crippen LogP contribution in [0.5, 0.6) is 0 Å². The lowest BCUT2D eigenvalue weighted by molar-refractivity contribution is 0.0694. The van der Waals surface area contributed by atoms with Gasteiger partial charge in [-0.1, -0.05) is 46.2 Å². The molecule has 0 unspecified atom stereocenters. The minimum atomic E-state index is -1.01. The second-order valence-corrected chi connectivity index (χ2v) is 6.33. The Morgan fingerprint density at radius 2 is 2.00 bits per heavy atom. The first-order chi connectivity index (χ1) is 8.14. The summed E-state index contributed by atoms with van der Waals surface area (Å²) >= 11 is 6.13. The van der Waals surface area contributed by atoms with Crippen LogP contribution in [0.1, 0.15) is 57.1 Å². The van der Waals surface area contributed by atoms with E-state index in [0.29, 0.717) is 18.2 Å². The van der Waals surface area contributed by atoms with E-state index in [1.165, 1.54) is 0 Å². The summed E-state index contributed by atoms with van der Waals surface area (Å²) in [5, 5.41) is 13.9. The number of carboxylic acids is 1. The van der Waals surface area contributed by atoms with Crippen molar-refractivity contribution in [1.29, 1.82) is 0 Å². The average molecular weight is 273 g/mol. The molecule has 4 nitrogen and oxygen atoms in total. The molecule has 0 saturated heterocycles. The third-order valence-corrected chi connectivity index (χ3v) is 3.12. The SMILES string of the molecule is CC(C)CCn1nc(C(C)(C)C)c(C(=O)O)c1Cl. The van der Waals surface area contributed by atoms with Crippen LogP contribution in [-0.4, -0.2) is 20.9 Å². The quantitative estimate of drug-likeness (QED) is 0.911. The van der Waals surface area contributed by atoms with Crippen molar-refractivity contribution in [3.8, 4) is 0 Å². The molecule has 0 atom stereocenters. The number of nitrogens with zero attached hydrogens (tertiary/aromatic N) is 2. The number of aryl methyl sites for hydroxylation is 1. The third kappa shape index (κ3) is 3.25. The first kappa shape index (κ1) is 15.0. The van der Waals surface area contributed by atoms with Crippen LogP contribution in [0.2, 0.25) is 5.15 Å². The summed E-state index contributed by atoms with van der Waals surface area (Å²) in [6.45, 7) is 10.7. The van der Waals surface area contributed by atoms with Gasteiger partial charge in [-0.05, 0) is 12.3 Å². The zero-order chi connectivity index (χ0) is 14.1. The number of halogens is 1. The highest BCUT2D eigenvalue weighted by atomic mass is 35.5. The van der Waals surface area contributed by atoms with Gasteiger partial charge in [-0.25, -0.2) is 4.79 Å². The molecule has 0 spiro atoms. The van der Waals surface area contributed by atoms with Gasteiger partial charge in [0.15, 0.2) is 0 Å². The van der Waals surface area contributed by atoms with E-state index < -0.39 is 5.97 Å². The fourth-order valence-electron chi connectivity index (χ4n) is 1.68. The molecule has 1 heterocycles. The average Bonchev–Trinajstić information content (AvgIpc) is 2.52. The van der Waals surface area contributed by atoms with Crippen molar-refractivity contribution in [1.82, 2.24) is 9.78 Å². The monoisotopic (exact) mass is 272 g/mol. The highest BCUT2D eigenvalue weighted by molar-refractivity contribution is 6.32. The second kappa shape index (κ2) is 5.31. The predicted octanol–water partition coefficient (Wildman–Crippen LogP) is 3.58. The second-order valence-electron chi connectivity index (χ2n) is 5.98. The highest BCUT2D eigenvalue weighted by Crippen LogP contribution is 2.30. The number of hydrogen-bond donors (Lipinski definition) is 1. The van der Waals surface area contributed by atoms with Crippen molar-refractivity contribution >= 4 is 17.6 Å². The molecule has 0 amide bonds. The lowest BCUT2D eigenvalue weighted by atomic mass is 9.89. The van der Waals surface area contributed by atoms with Crippen molar-refractivity contribution in [2.24, 2.45) is 5.92 Å². The number of aromatic carboxylic acids is 1. The normalized spacial score (nSPS) is 12.2. The fraction of sp³-hybridized carbons (Fsp3) is 0.692. The molecule has 0 bridgehead atoms. The van der Waals surface area contributed by atoms with E-state index in [2.05, 4.69) is 18.9 Å². The summed E-state index contributed by atoms with van der Waals surface area (Å²) in [5.74, 6) is -0.489. The Morgan fingerprint density at radius 1 is 1.44 bits per heavy atom. The smallest absolute Gasteiger partial charge is 0.340 e. The molecule has 1 N–H and O–H groups in total. The minimum absolute atomic E-state index is 0.132. The maximum absolute atomic E-state index is 11.3. The fourth-order valence-corrected chi connectivity index (χ4v) is 1.98. The Morgan fingerprint density at radius 3 is 2.33 bits per heavy atom. The van der Waals surface area contributed by atoms with Gasteiger partial charge >= 0.3 is 5.97 Å². The van der Waals surface area contributed by atoms with Gasteiger partial charge in [0, 0.05) is 12.0 Å². The number of aromatic nitrogens is 2. The van der Waals surface area contributed by atoms with Gasteiger partial charge in [-0.3, -0.25) is 4.68 Å². The minimum Gasteiger partial charge on any atom is -0.478 e. The molecule has 0 aliphatic carbocycles. The summed E-state index contributed by atoms with van der Waals surface area (Å²) < 4.78 is 1.60. The summed E-state index contributed by atoms with van der Waals surface area (Å²) in [6, 6.07) is 0. The zero-order valence-corrected chi connectivity index (χ0v) is 12.4. The van der Waals surface area contributed by atoms with Crippen molar-refractivity contribution in [3.63, 3.8) is 0 Å². The molecule has 1 aromatic heterocycles. The lowest BCUT2D eigenvalue weighted by Gasteiger charge is -2.15. The molecule has 0 aromatic carbocycles. The molecule has 1 aromatic rings. The summed E-state index contributed by atoms with van der Waals surface area (Å²) in [7, 11) is 0. The molecule has 5 heteroatoms. The molecule has 0 fully saturated rings. The molecule has 18 heavy (non-hydrogen) atoms. The summed E-state index contributed by atoms with van der Waals surface area (Å²) in [5.41, 5.74) is 0.345. The van der Waals surface area contributed by atoms with Gasteiger partial charge in [0.2, 0.25) is 0 Å². The van der Waals surface area contributed by atoms with Gasteiger partial charge in [-0.2, -0.15) is 5.10 Å². The molecule has 1 rings (SSSR count). The maximum atomic E-state index is 11.3. The third-order valence-electron chi connectivity index (χ3n) is 2.73. The van der Waals surface area contributed by atoms with Gasteiger partial charge in [0.25, 0.3) is 0 Å². The summed E-state index contributed by atoms with van der Waals surface area (Å²) in [6.07, 6.45) is 0.921. The summed E-state index contributed by atoms with van der Waals surface area (Å²) in [4.78, 5) is 11.3. The Hall–Kier alpha value is -1.03. The number of rotatable bonds is 4. The van der Waals surface area contributed by atoms with Gasteiger partial charge in [0.05, 0.1) is 5.69 Å². The maximum Gasteiger partial charge on any atom is 0.340 e. The van der Waals surface area contributed by atoms with Crippen molar-refractivity contribution in [2.45, 2.75) is 53.0 Å². The number of carbonyl (C=O) groups is 1. The largest absolute Gasteiger partial charge is 0.478 e. The zero-order valence-electron chi connectivity index (χ0n) is 11.6. The first-order valence-electron chi connectivity index (χ1n) is 6.14. The van der Waals surface area contributed by atoms with Crippen molar-refractivity contribution in [2.75, 3.05) is 0 Å². The molecular formula is C13H21ClN2O2. The van der Waals surface area contributed by atoms with Crippen LogP contribution < -0.4 is 0 Å².